The number of carbonyl (C=O) groups excluding carboxylic acids is 1. The molecule has 0 amide bonds. The van der Waals surface area contributed by atoms with Crippen LogP contribution in [0.2, 0.25) is 0 Å². The van der Waals surface area contributed by atoms with E-state index in [-0.39, 0.29) is 24.8 Å². The lowest BCUT2D eigenvalue weighted by Crippen LogP contribution is -2.23. The Balaban J connectivity index is 2.58. The number of hydrogen-bond acceptors (Lipinski definition) is 5. The standard InChI is InChI=1S/C16H25FN2O3/c1-3-22-16(21)7-9-19(2)15-11-13(5-6-14(15)17)12-18-8-4-10-20/h5-6,11,18,20H,3-4,7-10,12H2,1-2H3. The Hall–Kier alpha value is -1.66. The largest absolute Gasteiger partial charge is 0.466 e. The molecule has 5 nitrogen and oxygen atoms in total. The molecule has 2 N–H and O–H groups in total. The number of carbonyl (C=O) groups is 1. The van der Waals surface area contributed by atoms with Gasteiger partial charge in [0.2, 0.25) is 0 Å². The molecule has 1 rings (SSSR count). The van der Waals surface area contributed by atoms with E-state index in [9.17, 15) is 9.18 Å². The molecule has 0 atom stereocenters. The quantitative estimate of drug-likeness (QED) is 0.508. The first kappa shape index (κ1) is 18.4. The first-order chi connectivity index (χ1) is 10.6. The van der Waals surface area contributed by atoms with Crippen molar-refractivity contribution in [2.24, 2.45) is 0 Å². The van der Waals surface area contributed by atoms with Crippen molar-refractivity contribution >= 4 is 11.7 Å². The third-order valence-electron chi connectivity index (χ3n) is 3.22. The summed E-state index contributed by atoms with van der Waals surface area (Å²) in [6, 6.07) is 4.93. The van der Waals surface area contributed by atoms with Gasteiger partial charge in [-0.15, -0.1) is 0 Å². The van der Waals surface area contributed by atoms with Crippen LogP contribution < -0.4 is 10.2 Å². The molecule has 0 radical (unpaired) electrons. The topological polar surface area (TPSA) is 61.8 Å². The lowest BCUT2D eigenvalue weighted by molar-refractivity contribution is -0.142. The highest BCUT2D eigenvalue weighted by molar-refractivity contribution is 5.70. The van der Waals surface area contributed by atoms with Gasteiger partial charge in [0.1, 0.15) is 5.82 Å². The second kappa shape index (κ2) is 10.1. The Morgan fingerprint density at radius 1 is 1.45 bits per heavy atom. The number of rotatable bonds is 10. The van der Waals surface area contributed by atoms with Crippen LogP contribution >= 0.6 is 0 Å². The predicted molar refractivity (Wildman–Crippen MR) is 84.3 cm³/mol. The van der Waals surface area contributed by atoms with E-state index in [0.717, 1.165) is 5.56 Å². The summed E-state index contributed by atoms with van der Waals surface area (Å²) in [6.45, 7) is 3.98. The molecule has 1 aromatic rings. The SMILES string of the molecule is CCOC(=O)CCN(C)c1cc(CNCCCO)ccc1F. The van der Waals surface area contributed by atoms with E-state index < -0.39 is 0 Å². The van der Waals surface area contributed by atoms with Gasteiger partial charge in [-0.05, 0) is 37.6 Å². The number of anilines is 1. The number of halogens is 1. The fourth-order valence-corrected chi connectivity index (χ4v) is 2.01. The van der Waals surface area contributed by atoms with Gasteiger partial charge in [0, 0.05) is 26.7 Å². The van der Waals surface area contributed by atoms with E-state index in [4.69, 9.17) is 9.84 Å². The van der Waals surface area contributed by atoms with Crippen molar-refractivity contribution in [2.75, 3.05) is 38.3 Å². The minimum atomic E-state index is -0.314. The van der Waals surface area contributed by atoms with Crippen molar-refractivity contribution in [3.05, 3.63) is 29.6 Å². The number of benzene rings is 1. The number of esters is 1. The number of ether oxygens (including phenoxy) is 1. The van der Waals surface area contributed by atoms with Crippen molar-refractivity contribution < 1.29 is 19.0 Å². The molecule has 6 heteroatoms. The molecule has 0 aromatic heterocycles. The first-order valence-corrected chi connectivity index (χ1v) is 7.55. The van der Waals surface area contributed by atoms with Crippen LogP contribution in [0.5, 0.6) is 0 Å². The van der Waals surface area contributed by atoms with Crippen LogP contribution in [0.4, 0.5) is 10.1 Å². The van der Waals surface area contributed by atoms with Gasteiger partial charge in [-0.2, -0.15) is 0 Å². The van der Waals surface area contributed by atoms with E-state index >= 15 is 0 Å². The molecule has 0 saturated carbocycles. The molecule has 0 saturated heterocycles. The summed E-state index contributed by atoms with van der Waals surface area (Å²) in [5.74, 6) is -0.595. The lowest BCUT2D eigenvalue weighted by atomic mass is 10.1. The van der Waals surface area contributed by atoms with Gasteiger partial charge in [0.05, 0.1) is 18.7 Å². The first-order valence-electron chi connectivity index (χ1n) is 7.55. The number of hydrogen-bond donors (Lipinski definition) is 2. The molecular formula is C16H25FN2O3. The van der Waals surface area contributed by atoms with Gasteiger partial charge in [-0.25, -0.2) is 4.39 Å². The second-order valence-electron chi connectivity index (χ2n) is 5.02. The number of nitrogens with zero attached hydrogens (tertiary/aromatic N) is 1. The summed E-state index contributed by atoms with van der Waals surface area (Å²) in [4.78, 5) is 13.1. The van der Waals surface area contributed by atoms with Crippen molar-refractivity contribution in [3.8, 4) is 0 Å². The molecule has 0 heterocycles. The summed E-state index contributed by atoms with van der Waals surface area (Å²) < 4.78 is 18.8. The molecule has 0 aliphatic rings. The molecule has 0 aliphatic carbocycles. The maximum absolute atomic E-state index is 13.9. The third-order valence-corrected chi connectivity index (χ3v) is 3.22. The molecule has 0 fully saturated rings. The summed E-state index contributed by atoms with van der Waals surface area (Å²) in [5.41, 5.74) is 1.42. The van der Waals surface area contributed by atoms with Crippen molar-refractivity contribution in [2.45, 2.75) is 26.3 Å². The van der Waals surface area contributed by atoms with Gasteiger partial charge >= 0.3 is 5.97 Å². The fourth-order valence-electron chi connectivity index (χ4n) is 2.01. The van der Waals surface area contributed by atoms with Gasteiger partial charge in [-0.3, -0.25) is 4.79 Å². The molecule has 1 aromatic carbocycles. The average molecular weight is 312 g/mol. The predicted octanol–water partition coefficient (Wildman–Crippen LogP) is 1.69. The van der Waals surface area contributed by atoms with Crippen molar-refractivity contribution in [3.63, 3.8) is 0 Å². The van der Waals surface area contributed by atoms with Crippen LogP contribution in [-0.2, 0) is 16.1 Å². The van der Waals surface area contributed by atoms with Crippen LogP contribution in [0.15, 0.2) is 18.2 Å². The zero-order valence-corrected chi connectivity index (χ0v) is 13.3. The summed E-state index contributed by atoms with van der Waals surface area (Å²) in [6.07, 6.45) is 0.913. The van der Waals surface area contributed by atoms with E-state index in [0.29, 0.717) is 38.3 Å². The molecular weight excluding hydrogens is 287 g/mol. The lowest BCUT2D eigenvalue weighted by Gasteiger charge is -2.20. The molecule has 0 aliphatic heterocycles. The van der Waals surface area contributed by atoms with E-state index in [1.165, 1.54) is 6.07 Å². The minimum Gasteiger partial charge on any atom is -0.466 e. The van der Waals surface area contributed by atoms with Crippen LogP contribution in [0.1, 0.15) is 25.3 Å². The van der Waals surface area contributed by atoms with Crippen LogP contribution in [-0.4, -0.2) is 44.4 Å². The molecule has 0 unspecified atom stereocenters. The zero-order valence-electron chi connectivity index (χ0n) is 13.3. The van der Waals surface area contributed by atoms with E-state index in [2.05, 4.69) is 5.32 Å². The average Bonchev–Trinajstić information content (AvgIpc) is 2.51. The van der Waals surface area contributed by atoms with Gasteiger partial charge in [-0.1, -0.05) is 6.07 Å². The Bertz CT molecular complexity index is 469. The Morgan fingerprint density at radius 2 is 2.23 bits per heavy atom. The molecule has 22 heavy (non-hydrogen) atoms. The smallest absolute Gasteiger partial charge is 0.307 e. The summed E-state index contributed by atoms with van der Waals surface area (Å²) >= 11 is 0. The summed E-state index contributed by atoms with van der Waals surface area (Å²) in [7, 11) is 1.75. The number of aliphatic hydroxyl groups is 1. The minimum absolute atomic E-state index is 0.151. The maximum Gasteiger partial charge on any atom is 0.307 e. The van der Waals surface area contributed by atoms with E-state index in [1.807, 2.05) is 0 Å². The number of nitrogens with one attached hydrogen (secondary N) is 1. The highest BCUT2D eigenvalue weighted by Crippen LogP contribution is 2.20. The second-order valence-corrected chi connectivity index (χ2v) is 5.02. The molecule has 0 spiro atoms. The van der Waals surface area contributed by atoms with Gasteiger partial charge in [0.25, 0.3) is 0 Å². The fraction of sp³-hybridized carbons (Fsp3) is 0.562. The highest BCUT2D eigenvalue weighted by Gasteiger charge is 2.11. The van der Waals surface area contributed by atoms with Crippen molar-refractivity contribution in [1.29, 1.82) is 0 Å². The Labute approximate surface area is 131 Å². The van der Waals surface area contributed by atoms with Crippen LogP contribution in [0.3, 0.4) is 0 Å². The van der Waals surface area contributed by atoms with Gasteiger partial charge < -0.3 is 20.1 Å². The third kappa shape index (κ3) is 6.41. The zero-order chi connectivity index (χ0) is 16.4. The number of aliphatic hydroxyl groups excluding tert-OH is 1. The highest BCUT2D eigenvalue weighted by atomic mass is 19.1. The maximum atomic E-state index is 13.9. The molecule has 0 bridgehead atoms. The normalized spacial score (nSPS) is 10.5. The Kier molecular flexibility index (Phi) is 8.47. The van der Waals surface area contributed by atoms with Crippen LogP contribution in [0, 0.1) is 5.82 Å². The van der Waals surface area contributed by atoms with Gasteiger partial charge in [0.15, 0.2) is 0 Å². The molecule has 124 valence electrons. The monoisotopic (exact) mass is 312 g/mol. The Morgan fingerprint density at radius 3 is 2.91 bits per heavy atom. The van der Waals surface area contributed by atoms with Crippen molar-refractivity contribution in [1.82, 2.24) is 5.32 Å². The van der Waals surface area contributed by atoms with E-state index in [1.54, 1.807) is 31.0 Å². The van der Waals surface area contributed by atoms with Crippen LogP contribution in [0.25, 0.3) is 0 Å². The summed E-state index contributed by atoms with van der Waals surface area (Å²) in [5, 5.41) is 11.9.